The second-order valence-electron chi connectivity index (χ2n) is 10.7. The quantitative estimate of drug-likeness (QED) is 0.381. The fourth-order valence-corrected chi connectivity index (χ4v) is 5.61. The van der Waals surface area contributed by atoms with Gasteiger partial charge in [0.2, 0.25) is 0 Å². The molecule has 2 unspecified atom stereocenters. The lowest BCUT2D eigenvalue weighted by Crippen LogP contribution is -2.51. The Labute approximate surface area is 208 Å². The van der Waals surface area contributed by atoms with E-state index in [0.29, 0.717) is 44.7 Å². The summed E-state index contributed by atoms with van der Waals surface area (Å²) in [5.41, 5.74) is 0.408. The van der Waals surface area contributed by atoms with Crippen LogP contribution in [-0.2, 0) is 5.41 Å². The van der Waals surface area contributed by atoms with Crippen LogP contribution in [0.25, 0.3) is 32.9 Å². The van der Waals surface area contributed by atoms with E-state index < -0.39 is 5.82 Å². The maximum Gasteiger partial charge on any atom is 0.175 e. The van der Waals surface area contributed by atoms with Gasteiger partial charge in [-0.2, -0.15) is 0 Å². The van der Waals surface area contributed by atoms with E-state index in [1.165, 1.54) is 6.07 Å². The topological polar surface area (TPSA) is 74.2 Å². The number of fused-ring (bicyclic) bond motifs is 4. The van der Waals surface area contributed by atoms with E-state index in [2.05, 4.69) is 15.2 Å². The van der Waals surface area contributed by atoms with Crippen molar-refractivity contribution in [1.29, 1.82) is 0 Å². The molecule has 8 heteroatoms. The lowest BCUT2D eigenvalue weighted by Gasteiger charge is -2.35. The zero-order valence-corrected chi connectivity index (χ0v) is 20.7. The summed E-state index contributed by atoms with van der Waals surface area (Å²) in [6.45, 7) is 7.73. The molecule has 2 saturated heterocycles. The maximum atomic E-state index is 16.3. The molecule has 2 aromatic carbocycles. The molecular weight excluding hydrogens is 465 g/mol. The van der Waals surface area contributed by atoms with Crippen molar-refractivity contribution in [3.63, 3.8) is 0 Å². The molecule has 2 atom stereocenters. The number of pyridine rings is 1. The first-order valence-electron chi connectivity index (χ1n) is 12.0. The lowest BCUT2D eigenvalue weighted by atomic mass is 9.95. The maximum absolute atomic E-state index is 16.3. The van der Waals surface area contributed by atoms with Crippen molar-refractivity contribution in [2.45, 2.75) is 51.1 Å². The molecule has 4 heterocycles. The number of phenolic OH excluding ortho intramolecular Hbond substituents is 1. The predicted octanol–water partition coefficient (Wildman–Crippen LogP) is 5.58. The molecule has 35 heavy (non-hydrogen) atoms. The Hall–Kier alpha value is -3.03. The SMILES string of the molecule is CC(C)(C)c1nc(N2CC3CCC(C2)N3)c2cnc(-c3cc(O)cc4cccc(Cl)c34)c(F)c2n1. The van der Waals surface area contributed by atoms with E-state index in [1.807, 2.05) is 26.8 Å². The largest absolute Gasteiger partial charge is 0.508 e. The third-order valence-corrected chi connectivity index (χ3v) is 7.33. The average Bonchev–Trinajstić information content (AvgIpc) is 3.15. The minimum absolute atomic E-state index is 0.0195. The van der Waals surface area contributed by atoms with Crippen LogP contribution in [0.5, 0.6) is 5.75 Å². The van der Waals surface area contributed by atoms with Gasteiger partial charge in [0.05, 0.1) is 5.39 Å². The number of rotatable bonds is 2. The zero-order chi connectivity index (χ0) is 24.5. The Balaban J connectivity index is 1.60. The Morgan fingerprint density at radius 3 is 2.57 bits per heavy atom. The standard InChI is InChI=1S/C27H27ClFN5O/c1-27(2,3)26-32-24-19(25(33-26)34-12-15-7-8-16(13-34)31-15)11-30-23(22(24)29)18-10-17(35)9-14-5-4-6-20(28)21(14)18/h4-6,9-11,15-16,31,35H,7-8,12-13H2,1-3H3. The monoisotopic (exact) mass is 491 g/mol. The number of aromatic nitrogens is 3. The highest BCUT2D eigenvalue weighted by molar-refractivity contribution is 6.36. The molecule has 0 amide bonds. The summed E-state index contributed by atoms with van der Waals surface area (Å²) in [6, 6.07) is 9.32. The van der Waals surface area contributed by atoms with E-state index in [4.69, 9.17) is 21.6 Å². The molecule has 2 aromatic heterocycles. The van der Waals surface area contributed by atoms with Crippen LogP contribution in [0.1, 0.15) is 39.4 Å². The Morgan fingerprint density at radius 2 is 1.86 bits per heavy atom. The Morgan fingerprint density at radius 1 is 1.11 bits per heavy atom. The molecule has 2 N–H and O–H groups in total. The summed E-state index contributed by atoms with van der Waals surface area (Å²) in [6.07, 6.45) is 3.93. The van der Waals surface area contributed by atoms with Crippen molar-refractivity contribution in [2.24, 2.45) is 0 Å². The molecule has 6 nitrogen and oxygen atoms in total. The van der Waals surface area contributed by atoms with Gasteiger partial charge < -0.3 is 15.3 Å². The second-order valence-corrected chi connectivity index (χ2v) is 11.1. The van der Waals surface area contributed by atoms with Gasteiger partial charge >= 0.3 is 0 Å². The van der Waals surface area contributed by atoms with Gasteiger partial charge in [0, 0.05) is 52.8 Å². The number of piperazine rings is 1. The first-order chi connectivity index (χ1) is 16.7. The molecule has 6 rings (SSSR count). The van der Waals surface area contributed by atoms with E-state index in [0.717, 1.165) is 31.7 Å². The third kappa shape index (κ3) is 3.78. The highest BCUT2D eigenvalue weighted by Gasteiger charge is 2.34. The highest BCUT2D eigenvalue weighted by atomic mass is 35.5. The zero-order valence-electron chi connectivity index (χ0n) is 19.9. The first kappa shape index (κ1) is 22.4. The van der Waals surface area contributed by atoms with E-state index >= 15 is 4.39 Å². The van der Waals surface area contributed by atoms with Crippen molar-refractivity contribution in [2.75, 3.05) is 18.0 Å². The predicted molar refractivity (Wildman–Crippen MR) is 138 cm³/mol. The van der Waals surface area contributed by atoms with Crippen LogP contribution in [0.15, 0.2) is 36.5 Å². The molecule has 0 aliphatic carbocycles. The summed E-state index contributed by atoms with van der Waals surface area (Å²) in [4.78, 5) is 16.4. The first-order valence-corrected chi connectivity index (χ1v) is 12.4. The minimum atomic E-state index is -0.540. The van der Waals surface area contributed by atoms with Gasteiger partial charge in [-0.1, -0.05) is 44.5 Å². The number of aromatic hydroxyl groups is 1. The Kier molecular flexibility index (Phi) is 5.13. The lowest BCUT2D eigenvalue weighted by molar-refractivity contribution is 0.462. The number of halogens is 2. The smallest absolute Gasteiger partial charge is 0.175 e. The molecule has 2 bridgehead atoms. The van der Waals surface area contributed by atoms with E-state index in [-0.39, 0.29) is 22.4 Å². The van der Waals surface area contributed by atoms with Crippen LogP contribution < -0.4 is 10.2 Å². The van der Waals surface area contributed by atoms with Crippen LogP contribution in [0.4, 0.5) is 10.2 Å². The summed E-state index contributed by atoms with van der Waals surface area (Å²) in [5.74, 6) is 0.795. The van der Waals surface area contributed by atoms with E-state index in [9.17, 15) is 5.11 Å². The van der Waals surface area contributed by atoms with Crippen LogP contribution >= 0.6 is 11.6 Å². The van der Waals surface area contributed by atoms with Crippen molar-refractivity contribution >= 4 is 39.1 Å². The van der Waals surface area contributed by atoms with Gasteiger partial charge in [-0.3, -0.25) is 4.98 Å². The second kappa shape index (κ2) is 8.00. The Bertz CT molecular complexity index is 1470. The molecule has 0 radical (unpaired) electrons. The van der Waals surface area contributed by atoms with Crippen LogP contribution in [0.2, 0.25) is 5.02 Å². The van der Waals surface area contributed by atoms with Gasteiger partial charge in [-0.05, 0) is 36.4 Å². The van der Waals surface area contributed by atoms with Crippen LogP contribution in [-0.4, -0.2) is 45.2 Å². The van der Waals surface area contributed by atoms with Crippen molar-refractivity contribution in [1.82, 2.24) is 20.3 Å². The summed E-state index contributed by atoms with van der Waals surface area (Å²) >= 11 is 6.51. The summed E-state index contributed by atoms with van der Waals surface area (Å²) in [7, 11) is 0. The number of anilines is 1. The number of hydrogen-bond acceptors (Lipinski definition) is 6. The molecule has 0 saturated carbocycles. The van der Waals surface area contributed by atoms with Gasteiger partial charge in [0.25, 0.3) is 0 Å². The fraction of sp³-hybridized carbons (Fsp3) is 0.370. The normalized spacial score (nSPS) is 20.2. The summed E-state index contributed by atoms with van der Waals surface area (Å²) in [5, 5.41) is 16.4. The molecular formula is C27H27ClFN5O. The molecule has 2 aliphatic heterocycles. The van der Waals surface area contributed by atoms with Crippen molar-refractivity contribution in [3.8, 4) is 17.0 Å². The number of phenols is 1. The third-order valence-electron chi connectivity index (χ3n) is 7.02. The number of nitrogens with one attached hydrogen (secondary N) is 1. The van der Waals surface area contributed by atoms with E-state index in [1.54, 1.807) is 24.4 Å². The van der Waals surface area contributed by atoms with Gasteiger partial charge in [-0.15, -0.1) is 0 Å². The molecule has 2 aliphatic rings. The highest BCUT2D eigenvalue weighted by Crippen LogP contribution is 2.40. The molecule has 2 fully saturated rings. The molecule has 4 aromatic rings. The molecule has 0 spiro atoms. The number of nitrogens with zero attached hydrogens (tertiary/aromatic N) is 4. The fourth-order valence-electron chi connectivity index (χ4n) is 5.33. The van der Waals surface area contributed by atoms with Crippen LogP contribution in [0, 0.1) is 5.82 Å². The van der Waals surface area contributed by atoms with Crippen LogP contribution in [0.3, 0.4) is 0 Å². The van der Waals surface area contributed by atoms with Gasteiger partial charge in [-0.25, -0.2) is 14.4 Å². The van der Waals surface area contributed by atoms with Gasteiger partial charge in [0.1, 0.15) is 28.6 Å². The molecule has 180 valence electrons. The minimum Gasteiger partial charge on any atom is -0.508 e. The average molecular weight is 492 g/mol. The summed E-state index contributed by atoms with van der Waals surface area (Å²) < 4.78 is 16.3. The van der Waals surface area contributed by atoms with Crippen molar-refractivity contribution in [3.05, 3.63) is 53.2 Å². The van der Waals surface area contributed by atoms with Gasteiger partial charge in [0.15, 0.2) is 5.82 Å². The number of benzene rings is 2. The van der Waals surface area contributed by atoms with Crippen molar-refractivity contribution < 1.29 is 9.50 Å². The number of hydrogen-bond donors (Lipinski definition) is 2.